The van der Waals surface area contributed by atoms with Crippen LogP contribution < -0.4 is 5.32 Å². The molecule has 0 aliphatic carbocycles. The molecule has 1 N–H and O–H groups in total. The number of carbonyl (C=O) groups excluding carboxylic acids is 1. The van der Waals surface area contributed by atoms with E-state index in [-0.39, 0.29) is 5.91 Å². The van der Waals surface area contributed by atoms with Gasteiger partial charge in [0.15, 0.2) is 0 Å². The molecule has 0 unspecified atom stereocenters. The van der Waals surface area contributed by atoms with Crippen molar-refractivity contribution in [1.29, 1.82) is 5.26 Å². The number of para-hydroxylation sites is 1. The first kappa shape index (κ1) is 13.2. The van der Waals surface area contributed by atoms with Crippen LogP contribution >= 0.6 is 11.6 Å². The number of nitrogens with one attached hydrogen (secondary N) is 1. The summed E-state index contributed by atoms with van der Waals surface area (Å²) < 4.78 is 5.34. The Balaban J connectivity index is 1.92. The van der Waals surface area contributed by atoms with Gasteiger partial charge in [-0.05, 0) is 24.3 Å². The van der Waals surface area contributed by atoms with Gasteiger partial charge in [0.05, 0.1) is 27.9 Å². The van der Waals surface area contributed by atoms with Crippen molar-refractivity contribution in [3.05, 3.63) is 64.9 Å². The summed E-state index contributed by atoms with van der Waals surface area (Å²) in [6.45, 7) is 0. The number of anilines is 1. The van der Waals surface area contributed by atoms with E-state index in [1.165, 1.54) is 12.3 Å². The summed E-state index contributed by atoms with van der Waals surface area (Å²) in [5.41, 5.74) is 1.97. The van der Waals surface area contributed by atoms with Gasteiger partial charge >= 0.3 is 0 Å². The van der Waals surface area contributed by atoms with Crippen LogP contribution in [0.5, 0.6) is 0 Å². The highest BCUT2D eigenvalue weighted by Crippen LogP contribution is 2.25. The number of hydrogen-bond acceptors (Lipinski definition) is 3. The van der Waals surface area contributed by atoms with Gasteiger partial charge in [0, 0.05) is 5.39 Å². The predicted octanol–water partition coefficient (Wildman–Crippen LogP) is 4.21. The SMILES string of the molecule is N#Cc1ccc(NC(=O)c2coc3ccccc23)c(Cl)c1. The van der Waals surface area contributed by atoms with E-state index < -0.39 is 0 Å². The van der Waals surface area contributed by atoms with Gasteiger partial charge in [0.1, 0.15) is 11.8 Å². The van der Waals surface area contributed by atoms with Crippen molar-refractivity contribution in [3.8, 4) is 6.07 Å². The van der Waals surface area contributed by atoms with Crippen LogP contribution in [0.1, 0.15) is 15.9 Å². The Morgan fingerprint density at radius 2 is 2.05 bits per heavy atom. The summed E-state index contributed by atoms with van der Waals surface area (Å²) >= 11 is 6.04. The third-order valence-electron chi connectivity index (χ3n) is 3.07. The molecule has 102 valence electrons. The van der Waals surface area contributed by atoms with E-state index in [4.69, 9.17) is 21.3 Å². The van der Waals surface area contributed by atoms with E-state index in [0.29, 0.717) is 27.4 Å². The molecule has 4 nitrogen and oxygen atoms in total. The first-order chi connectivity index (χ1) is 10.2. The van der Waals surface area contributed by atoms with Crippen LogP contribution in [0.25, 0.3) is 11.0 Å². The number of fused-ring (bicyclic) bond motifs is 1. The third kappa shape index (κ3) is 2.47. The quantitative estimate of drug-likeness (QED) is 0.770. The second kappa shape index (κ2) is 5.31. The molecule has 0 saturated carbocycles. The zero-order valence-corrected chi connectivity index (χ0v) is 11.5. The highest BCUT2D eigenvalue weighted by molar-refractivity contribution is 6.34. The fourth-order valence-electron chi connectivity index (χ4n) is 2.03. The molecule has 3 rings (SSSR count). The lowest BCUT2D eigenvalue weighted by Crippen LogP contribution is -2.11. The molecule has 0 aliphatic rings. The maximum atomic E-state index is 12.3. The monoisotopic (exact) mass is 296 g/mol. The third-order valence-corrected chi connectivity index (χ3v) is 3.38. The lowest BCUT2D eigenvalue weighted by molar-refractivity contribution is 0.102. The molecule has 1 heterocycles. The molecule has 0 aliphatic heterocycles. The molecule has 2 aromatic carbocycles. The van der Waals surface area contributed by atoms with Gasteiger partial charge in [0.2, 0.25) is 0 Å². The van der Waals surface area contributed by atoms with E-state index in [2.05, 4.69) is 5.32 Å². The van der Waals surface area contributed by atoms with Crippen molar-refractivity contribution in [3.63, 3.8) is 0 Å². The highest BCUT2D eigenvalue weighted by atomic mass is 35.5. The summed E-state index contributed by atoms with van der Waals surface area (Å²) in [6.07, 6.45) is 1.41. The van der Waals surface area contributed by atoms with Crippen LogP contribution in [0.15, 0.2) is 53.1 Å². The van der Waals surface area contributed by atoms with Gasteiger partial charge in [-0.1, -0.05) is 29.8 Å². The zero-order chi connectivity index (χ0) is 14.8. The number of benzene rings is 2. The summed E-state index contributed by atoms with van der Waals surface area (Å²) in [7, 11) is 0. The van der Waals surface area contributed by atoms with E-state index in [1.807, 2.05) is 24.3 Å². The van der Waals surface area contributed by atoms with Crippen molar-refractivity contribution in [2.75, 3.05) is 5.32 Å². The van der Waals surface area contributed by atoms with Gasteiger partial charge in [0.25, 0.3) is 5.91 Å². The van der Waals surface area contributed by atoms with E-state index in [0.717, 1.165) is 5.39 Å². The van der Waals surface area contributed by atoms with Crippen LogP contribution in [0.4, 0.5) is 5.69 Å². The number of nitrogens with zero attached hydrogens (tertiary/aromatic N) is 1. The van der Waals surface area contributed by atoms with Crippen molar-refractivity contribution >= 4 is 34.2 Å². The molecule has 3 aromatic rings. The van der Waals surface area contributed by atoms with Crippen molar-refractivity contribution in [2.24, 2.45) is 0 Å². The van der Waals surface area contributed by atoms with Gasteiger partial charge < -0.3 is 9.73 Å². The minimum absolute atomic E-state index is 0.313. The van der Waals surface area contributed by atoms with Gasteiger partial charge in [-0.3, -0.25) is 4.79 Å². The van der Waals surface area contributed by atoms with E-state index >= 15 is 0 Å². The molecule has 5 heteroatoms. The zero-order valence-electron chi connectivity index (χ0n) is 10.8. The second-order valence-corrected chi connectivity index (χ2v) is 4.81. The topological polar surface area (TPSA) is 66.0 Å². The Bertz CT molecular complexity index is 877. The Labute approximate surface area is 125 Å². The highest BCUT2D eigenvalue weighted by Gasteiger charge is 2.14. The molecule has 0 saturated heterocycles. The number of amides is 1. The standard InChI is InChI=1S/C16H9ClN2O2/c17-13-7-10(8-18)5-6-14(13)19-16(20)12-9-21-15-4-2-1-3-11(12)15/h1-7,9H,(H,19,20). The van der Waals surface area contributed by atoms with Gasteiger partial charge in [-0.2, -0.15) is 5.26 Å². The summed E-state index contributed by atoms with van der Waals surface area (Å²) in [4.78, 5) is 12.3. The first-order valence-corrected chi connectivity index (χ1v) is 6.54. The number of hydrogen-bond donors (Lipinski definition) is 1. The fourth-order valence-corrected chi connectivity index (χ4v) is 2.26. The molecular weight excluding hydrogens is 288 g/mol. The number of furan rings is 1. The molecule has 0 fully saturated rings. The molecule has 1 aromatic heterocycles. The Morgan fingerprint density at radius 3 is 2.81 bits per heavy atom. The number of nitriles is 1. The summed E-state index contributed by atoms with van der Waals surface area (Å²) in [6, 6.07) is 14.0. The average Bonchev–Trinajstić information content (AvgIpc) is 2.93. The van der Waals surface area contributed by atoms with Crippen molar-refractivity contribution in [2.45, 2.75) is 0 Å². The van der Waals surface area contributed by atoms with Crippen molar-refractivity contribution < 1.29 is 9.21 Å². The van der Waals surface area contributed by atoms with Gasteiger partial charge in [-0.25, -0.2) is 0 Å². The van der Waals surface area contributed by atoms with Crippen LogP contribution in [0, 0.1) is 11.3 Å². The number of rotatable bonds is 2. The van der Waals surface area contributed by atoms with Crippen LogP contribution in [-0.2, 0) is 0 Å². The lowest BCUT2D eigenvalue weighted by atomic mass is 10.1. The van der Waals surface area contributed by atoms with Gasteiger partial charge in [-0.15, -0.1) is 0 Å². The van der Waals surface area contributed by atoms with E-state index in [9.17, 15) is 4.79 Å². The smallest absolute Gasteiger partial charge is 0.259 e. The summed E-state index contributed by atoms with van der Waals surface area (Å²) in [5.74, 6) is -0.313. The maximum absolute atomic E-state index is 12.3. The fraction of sp³-hybridized carbons (Fsp3) is 0. The van der Waals surface area contributed by atoms with E-state index in [1.54, 1.807) is 18.2 Å². The largest absolute Gasteiger partial charge is 0.463 e. The second-order valence-electron chi connectivity index (χ2n) is 4.41. The molecule has 0 atom stereocenters. The minimum atomic E-state index is -0.313. The Hall–Kier alpha value is -2.77. The van der Waals surface area contributed by atoms with Crippen LogP contribution in [-0.4, -0.2) is 5.91 Å². The Morgan fingerprint density at radius 1 is 1.24 bits per heavy atom. The normalized spacial score (nSPS) is 10.3. The van der Waals surface area contributed by atoms with Crippen LogP contribution in [0.3, 0.4) is 0 Å². The maximum Gasteiger partial charge on any atom is 0.259 e. The van der Waals surface area contributed by atoms with Crippen molar-refractivity contribution in [1.82, 2.24) is 0 Å². The lowest BCUT2D eigenvalue weighted by Gasteiger charge is -2.06. The first-order valence-electron chi connectivity index (χ1n) is 6.16. The average molecular weight is 297 g/mol. The molecule has 0 spiro atoms. The molecule has 0 radical (unpaired) electrons. The Kier molecular flexibility index (Phi) is 3.35. The molecule has 0 bridgehead atoms. The molecule has 1 amide bonds. The number of carbonyl (C=O) groups is 1. The van der Waals surface area contributed by atoms with Crippen LogP contribution in [0.2, 0.25) is 5.02 Å². The number of halogens is 1. The minimum Gasteiger partial charge on any atom is -0.463 e. The summed E-state index contributed by atoms with van der Waals surface area (Å²) in [5, 5.41) is 12.6. The predicted molar refractivity (Wildman–Crippen MR) is 80.3 cm³/mol. The molecular formula is C16H9ClN2O2. The molecule has 21 heavy (non-hydrogen) atoms.